The molecule has 0 heterocycles. The van der Waals surface area contributed by atoms with Crippen LogP contribution in [0.25, 0.3) is 0 Å². The van der Waals surface area contributed by atoms with Gasteiger partial charge in [0, 0.05) is 16.7 Å². The van der Waals surface area contributed by atoms with E-state index in [9.17, 15) is 22.9 Å². The van der Waals surface area contributed by atoms with Gasteiger partial charge in [-0.1, -0.05) is 0 Å². The Kier molecular flexibility index (Phi) is 3.34. The molecule has 0 saturated carbocycles. The molecule has 0 N–H and O–H groups in total. The Bertz CT molecular complexity index is 544. The van der Waals surface area contributed by atoms with Crippen molar-refractivity contribution in [1.82, 2.24) is 0 Å². The van der Waals surface area contributed by atoms with Crippen LogP contribution in [0.3, 0.4) is 0 Å². The van der Waals surface area contributed by atoms with Crippen LogP contribution in [0.2, 0.25) is 0 Å². The summed E-state index contributed by atoms with van der Waals surface area (Å²) in [5.74, 6) is -1.69. The zero-order chi connectivity index (χ0) is 12.5. The number of ether oxygens (including phenoxy) is 1. The molecule has 0 spiro atoms. The average Bonchev–Trinajstić information content (AvgIpc) is 2.15. The third-order valence-corrected chi connectivity index (χ3v) is 3.01. The van der Waals surface area contributed by atoms with Gasteiger partial charge in [0.05, 0.1) is 18.1 Å². The van der Waals surface area contributed by atoms with E-state index in [2.05, 4.69) is 4.74 Å². The minimum absolute atomic E-state index is 0.174. The highest BCUT2D eigenvalue weighted by Crippen LogP contribution is 2.31. The summed E-state index contributed by atoms with van der Waals surface area (Å²) in [4.78, 5) is 8.39. The Hall–Kier alpha value is -1.41. The largest absolute Gasteiger partial charge is 0.496 e. The Morgan fingerprint density at radius 2 is 2.06 bits per heavy atom. The molecule has 9 heteroatoms. The molecule has 0 aliphatic rings. The average molecular weight is 270 g/mol. The minimum atomic E-state index is -4.41. The molecule has 16 heavy (non-hydrogen) atoms. The predicted molar refractivity (Wildman–Crippen MR) is 52.6 cm³/mol. The van der Waals surface area contributed by atoms with Crippen LogP contribution in [0.15, 0.2) is 17.0 Å². The molecule has 0 radical (unpaired) electrons. The minimum Gasteiger partial charge on any atom is -0.496 e. The van der Waals surface area contributed by atoms with Gasteiger partial charge >= 0.3 is 5.69 Å². The van der Waals surface area contributed by atoms with Gasteiger partial charge < -0.3 is 4.74 Å². The molecular weight excluding hydrogens is 265 g/mol. The van der Waals surface area contributed by atoms with Crippen LogP contribution in [-0.2, 0) is 9.05 Å². The van der Waals surface area contributed by atoms with Gasteiger partial charge in [0.2, 0.25) is 5.82 Å². The van der Waals surface area contributed by atoms with Gasteiger partial charge in [0.25, 0.3) is 9.05 Å². The van der Waals surface area contributed by atoms with Crippen LogP contribution in [0, 0.1) is 15.9 Å². The molecule has 0 aliphatic carbocycles. The second kappa shape index (κ2) is 4.22. The fourth-order valence-electron chi connectivity index (χ4n) is 0.987. The fourth-order valence-corrected chi connectivity index (χ4v) is 1.90. The van der Waals surface area contributed by atoms with Crippen molar-refractivity contribution < 1.29 is 22.5 Å². The van der Waals surface area contributed by atoms with Gasteiger partial charge in [0.1, 0.15) is 10.6 Å². The van der Waals surface area contributed by atoms with Crippen LogP contribution >= 0.6 is 10.7 Å². The standard InChI is InChI=1S/C7H5ClFNO5S/c1-15-4-2-5(10(11)12)7(9)6(3-4)16(8,13)14/h2-3H,1H3. The second-order valence-corrected chi connectivity index (χ2v) is 5.19. The van der Waals surface area contributed by atoms with E-state index in [4.69, 9.17) is 10.7 Å². The highest BCUT2D eigenvalue weighted by molar-refractivity contribution is 8.13. The maximum atomic E-state index is 13.4. The fraction of sp³-hybridized carbons (Fsp3) is 0.143. The van der Waals surface area contributed by atoms with Crippen molar-refractivity contribution in [3.63, 3.8) is 0 Å². The monoisotopic (exact) mass is 269 g/mol. The molecule has 1 aromatic carbocycles. The quantitative estimate of drug-likeness (QED) is 0.473. The molecule has 0 saturated heterocycles. The first-order valence-electron chi connectivity index (χ1n) is 3.74. The summed E-state index contributed by atoms with van der Waals surface area (Å²) in [5.41, 5.74) is -1.02. The molecule has 88 valence electrons. The number of rotatable bonds is 3. The van der Waals surface area contributed by atoms with E-state index in [1.807, 2.05) is 0 Å². The summed E-state index contributed by atoms with van der Waals surface area (Å²) in [6.45, 7) is 0. The van der Waals surface area contributed by atoms with Crippen molar-refractivity contribution in [3.05, 3.63) is 28.1 Å². The van der Waals surface area contributed by atoms with E-state index < -0.39 is 30.4 Å². The lowest BCUT2D eigenvalue weighted by Crippen LogP contribution is -2.01. The molecule has 0 unspecified atom stereocenters. The first kappa shape index (κ1) is 12.7. The number of benzene rings is 1. The lowest BCUT2D eigenvalue weighted by molar-refractivity contribution is -0.387. The normalized spacial score (nSPS) is 11.2. The number of hydrogen-bond acceptors (Lipinski definition) is 5. The van der Waals surface area contributed by atoms with E-state index in [0.29, 0.717) is 0 Å². The lowest BCUT2D eigenvalue weighted by Gasteiger charge is -2.04. The number of halogens is 2. The molecule has 0 aliphatic heterocycles. The van der Waals surface area contributed by atoms with E-state index >= 15 is 0 Å². The zero-order valence-corrected chi connectivity index (χ0v) is 9.38. The van der Waals surface area contributed by atoms with Crippen LogP contribution in [0.4, 0.5) is 10.1 Å². The van der Waals surface area contributed by atoms with Crippen LogP contribution in [0.1, 0.15) is 0 Å². The van der Waals surface area contributed by atoms with Gasteiger partial charge in [-0.2, -0.15) is 4.39 Å². The first-order valence-corrected chi connectivity index (χ1v) is 6.05. The van der Waals surface area contributed by atoms with Gasteiger partial charge in [0.15, 0.2) is 0 Å². The number of hydrogen-bond donors (Lipinski definition) is 0. The van der Waals surface area contributed by atoms with Crippen molar-refractivity contribution in [2.45, 2.75) is 4.90 Å². The van der Waals surface area contributed by atoms with E-state index in [1.165, 1.54) is 0 Å². The van der Waals surface area contributed by atoms with Crippen LogP contribution in [0.5, 0.6) is 5.75 Å². The molecule has 1 aromatic rings. The number of nitro groups is 1. The molecule has 0 bridgehead atoms. The summed E-state index contributed by atoms with van der Waals surface area (Å²) < 4.78 is 39.9. The maximum Gasteiger partial charge on any atom is 0.309 e. The van der Waals surface area contributed by atoms with Crippen molar-refractivity contribution >= 4 is 25.4 Å². The van der Waals surface area contributed by atoms with Crippen molar-refractivity contribution in [2.75, 3.05) is 7.11 Å². The Morgan fingerprint density at radius 3 is 2.44 bits per heavy atom. The topological polar surface area (TPSA) is 86.5 Å². The van der Waals surface area contributed by atoms with E-state index in [-0.39, 0.29) is 5.75 Å². The number of nitrogens with zero attached hydrogens (tertiary/aromatic N) is 1. The number of nitro benzene ring substituents is 1. The summed E-state index contributed by atoms with van der Waals surface area (Å²) in [6, 6.07) is 1.53. The Labute approximate surface area is 94.2 Å². The molecule has 0 atom stereocenters. The van der Waals surface area contributed by atoms with E-state index in [0.717, 1.165) is 19.2 Å². The molecule has 0 amide bonds. The SMILES string of the molecule is COc1cc([N+](=O)[O-])c(F)c(S(=O)(=O)Cl)c1. The highest BCUT2D eigenvalue weighted by Gasteiger charge is 2.26. The molecule has 1 rings (SSSR count). The summed E-state index contributed by atoms with van der Waals surface area (Å²) in [7, 11) is 1.67. The molecular formula is C7H5ClFNO5S. The third kappa shape index (κ3) is 2.39. The molecule has 6 nitrogen and oxygen atoms in total. The van der Waals surface area contributed by atoms with Crippen molar-refractivity contribution in [3.8, 4) is 5.75 Å². The number of methoxy groups -OCH3 is 1. The van der Waals surface area contributed by atoms with Gasteiger partial charge in [-0.25, -0.2) is 8.42 Å². The summed E-state index contributed by atoms with van der Waals surface area (Å²) >= 11 is 0. The predicted octanol–water partition coefficient (Wildman–Crippen LogP) is 1.67. The first-order chi connectivity index (χ1) is 7.27. The molecule has 0 aromatic heterocycles. The van der Waals surface area contributed by atoms with Gasteiger partial charge in [-0.05, 0) is 0 Å². The lowest BCUT2D eigenvalue weighted by atomic mass is 10.3. The van der Waals surface area contributed by atoms with Crippen LogP contribution < -0.4 is 4.74 Å². The van der Waals surface area contributed by atoms with Crippen LogP contribution in [-0.4, -0.2) is 20.5 Å². The Morgan fingerprint density at radius 1 is 1.50 bits per heavy atom. The Balaban J connectivity index is 3.63. The van der Waals surface area contributed by atoms with E-state index in [1.54, 1.807) is 0 Å². The van der Waals surface area contributed by atoms with Crippen molar-refractivity contribution in [2.24, 2.45) is 0 Å². The molecule has 0 fully saturated rings. The summed E-state index contributed by atoms with van der Waals surface area (Å²) in [6.07, 6.45) is 0. The second-order valence-electron chi connectivity index (χ2n) is 2.65. The maximum absolute atomic E-state index is 13.4. The zero-order valence-electron chi connectivity index (χ0n) is 7.81. The van der Waals surface area contributed by atoms with Crippen molar-refractivity contribution in [1.29, 1.82) is 0 Å². The summed E-state index contributed by atoms with van der Waals surface area (Å²) in [5, 5.41) is 10.4. The third-order valence-electron chi connectivity index (χ3n) is 1.69. The highest BCUT2D eigenvalue weighted by atomic mass is 35.7. The van der Waals surface area contributed by atoms with Gasteiger partial charge in [-0.15, -0.1) is 0 Å². The smallest absolute Gasteiger partial charge is 0.309 e. The van der Waals surface area contributed by atoms with Gasteiger partial charge in [-0.3, -0.25) is 10.1 Å².